The Morgan fingerprint density at radius 2 is 1.87 bits per heavy atom. The number of carbonyl (C=O) groups is 2. The number of aromatic nitrogens is 1. The maximum absolute atomic E-state index is 11.8. The fourth-order valence-electron chi connectivity index (χ4n) is 1.85. The summed E-state index contributed by atoms with van der Waals surface area (Å²) in [4.78, 5) is 27.1. The van der Waals surface area contributed by atoms with Crippen LogP contribution in [0.2, 0.25) is 0 Å². The third-order valence-corrected chi connectivity index (χ3v) is 2.85. The molecule has 0 aliphatic heterocycles. The first kappa shape index (κ1) is 18.6. The number of carbonyl (C=O) groups excluding carboxylic acids is 2. The van der Waals surface area contributed by atoms with Crippen LogP contribution < -0.4 is 10.1 Å². The number of pyridine rings is 1. The number of nitrogens with one attached hydrogen (secondary N) is 1. The van der Waals surface area contributed by atoms with Crippen LogP contribution in [0, 0.1) is 0 Å². The molecule has 1 amide bonds. The minimum Gasteiger partial charge on any atom is -0.481 e. The van der Waals surface area contributed by atoms with E-state index in [2.05, 4.69) is 15.0 Å². The molecule has 0 unspecified atom stereocenters. The molecule has 0 saturated carbocycles. The SMILES string of the molecule is COC(=O)/C(=C\c1cnc(OC)cc1C(OC)OC)NC(C)=O. The van der Waals surface area contributed by atoms with E-state index in [1.54, 1.807) is 6.07 Å². The summed E-state index contributed by atoms with van der Waals surface area (Å²) in [5, 5.41) is 2.42. The zero-order valence-electron chi connectivity index (χ0n) is 13.7. The zero-order valence-corrected chi connectivity index (χ0v) is 13.7. The van der Waals surface area contributed by atoms with Crippen LogP contribution in [0.3, 0.4) is 0 Å². The van der Waals surface area contributed by atoms with E-state index >= 15 is 0 Å². The summed E-state index contributed by atoms with van der Waals surface area (Å²) in [6.45, 7) is 1.29. The monoisotopic (exact) mass is 324 g/mol. The van der Waals surface area contributed by atoms with Crippen molar-refractivity contribution in [2.75, 3.05) is 28.4 Å². The van der Waals surface area contributed by atoms with Gasteiger partial charge in [-0.1, -0.05) is 0 Å². The van der Waals surface area contributed by atoms with Crippen molar-refractivity contribution in [3.05, 3.63) is 29.1 Å². The number of rotatable bonds is 7. The molecule has 0 bridgehead atoms. The van der Waals surface area contributed by atoms with Gasteiger partial charge in [0.1, 0.15) is 5.70 Å². The van der Waals surface area contributed by atoms with E-state index < -0.39 is 18.2 Å². The van der Waals surface area contributed by atoms with Crippen molar-refractivity contribution in [2.45, 2.75) is 13.2 Å². The summed E-state index contributed by atoms with van der Waals surface area (Å²) in [5.41, 5.74) is 1.06. The summed E-state index contributed by atoms with van der Waals surface area (Å²) in [6.07, 6.45) is 2.21. The van der Waals surface area contributed by atoms with E-state index in [-0.39, 0.29) is 5.70 Å². The van der Waals surface area contributed by atoms with Gasteiger partial charge < -0.3 is 24.3 Å². The Morgan fingerprint density at radius 3 is 2.35 bits per heavy atom. The Balaban J connectivity index is 3.39. The molecular weight excluding hydrogens is 304 g/mol. The van der Waals surface area contributed by atoms with Gasteiger partial charge in [0.25, 0.3) is 0 Å². The molecular formula is C15H20N2O6. The molecule has 0 fully saturated rings. The second-order valence-electron chi connectivity index (χ2n) is 4.39. The minimum atomic E-state index is -0.700. The molecule has 126 valence electrons. The molecule has 8 nitrogen and oxygen atoms in total. The molecule has 0 aliphatic rings. The Labute approximate surface area is 134 Å². The second-order valence-corrected chi connectivity index (χ2v) is 4.39. The van der Waals surface area contributed by atoms with Crippen molar-refractivity contribution >= 4 is 18.0 Å². The molecule has 1 rings (SSSR count). The number of hydrogen-bond donors (Lipinski definition) is 1. The maximum atomic E-state index is 11.8. The highest BCUT2D eigenvalue weighted by atomic mass is 16.7. The van der Waals surface area contributed by atoms with Crippen molar-refractivity contribution < 1.29 is 28.5 Å². The van der Waals surface area contributed by atoms with Crippen LogP contribution in [0.4, 0.5) is 0 Å². The number of nitrogens with zero attached hydrogens (tertiary/aromatic N) is 1. The normalized spacial score (nSPS) is 11.3. The zero-order chi connectivity index (χ0) is 17.4. The molecule has 0 aromatic carbocycles. The first-order chi connectivity index (χ1) is 11.0. The van der Waals surface area contributed by atoms with Crippen LogP contribution in [-0.4, -0.2) is 45.3 Å². The van der Waals surface area contributed by atoms with Crippen LogP contribution >= 0.6 is 0 Å². The molecule has 1 N–H and O–H groups in total. The highest BCUT2D eigenvalue weighted by molar-refractivity contribution is 5.97. The van der Waals surface area contributed by atoms with Gasteiger partial charge in [0.05, 0.1) is 14.2 Å². The summed E-state index contributed by atoms with van der Waals surface area (Å²) < 4.78 is 20.2. The lowest BCUT2D eigenvalue weighted by atomic mass is 10.1. The average molecular weight is 324 g/mol. The molecule has 1 aromatic rings. The first-order valence-electron chi connectivity index (χ1n) is 6.63. The highest BCUT2D eigenvalue weighted by Gasteiger charge is 2.18. The van der Waals surface area contributed by atoms with Gasteiger partial charge in [-0.2, -0.15) is 0 Å². The number of ether oxygens (including phenoxy) is 4. The van der Waals surface area contributed by atoms with Gasteiger partial charge >= 0.3 is 5.97 Å². The van der Waals surface area contributed by atoms with Crippen molar-refractivity contribution in [3.8, 4) is 5.88 Å². The van der Waals surface area contributed by atoms with Crippen LogP contribution in [0.1, 0.15) is 24.3 Å². The topological polar surface area (TPSA) is 96.0 Å². The van der Waals surface area contributed by atoms with Crippen LogP contribution in [0.5, 0.6) is 5.88 Å². The Hall–Kier alpha value is -2.45. The molecule has 0 saturated heterocycles. The summed E-state index contributed by atoms with van der Waals surface area (Å²) in [7, 11) is 5.65. The van der Waals surface area contributed by atoms with Crippen molar-refractivity contribution in [1.82, 2.24) is 10.3 Å². The van der Waals surface area contributed by atoms with Crippen LogP contribution in [-0.2, 0) is 23.8 Å². The van der Waals surface area contributed by atoms with E-state index in [0.29, 0.717) is 17.0 Å². The predicted octanol–water partition coefficient (Wildman–Crippen LogP) is 1.03. The Morgan fingerprint density at radius 1 is 1.22 bits per heavy atom. The van der Waals surface area contributed by atoms with E-state index in [1.807, 2.05) is 0 Å². The maximum Gasteiger partial charge on any atom is 0.354 e. The second kappa shape index (κ2) is 8.86. The van der Waals surface area contributed by atoms with Gasteiger partial charge in [0, 0.05) is 44.5 Å². The number of esters is 1. The van der Waals surface area contributed by atoms with Crippen molar-refractivity contribution in [2.24, 2.45) is 0 Å². The van der Waals surface area contributed by atoms with Gasteiger partial charge in [0.2, 0.25) is 11.8 Å². The fraction of sp³-hybridized carbons (Fsp3) is 0.400. The third kappa shape index (κ3) is 5.04. The Bertz CT molecular complexity index is 596. The van der Waals surface area contributed by atoms with Crippen molar-refractivity contribution in [1.29, 1.82) is 0 Å². The molecule has 1 aromatic heterocycles. The molecule has 0 atom stereocenters. The van der Waals surface area contributed by atoms with Gasteiger partial charge in [-0.25, -0.2) is 9.78 Å². The van der Waals surface area contributed by atoms with Gasteiger partial charge in [-0.15, -0.1) is 0 Å². The molecule has 0 radical (unpaired) electrons. The third-order valence-electron chi connectivity index (χ3n) is 2.85. The van der Waals surface area contributed by atoms with E-state index in [0.717, 1.165) is 0 Å². The lowest BCUT2D eigenvalue weighted by Crippen LogP contribution is -2.25. The summed E-state index contributed by atoms with van der Waals surface area (Å²) in [6, 6.07) is 1.62. The van der Waals surface area contributed by atoms with Gasteiger partial charge in [-0.3, -0.25) is 4.79 Å². The van der Waals surface area contributed by atoms with E-state index in [9.17, 15) is 9.59 Å². The van der Waals surface area contributed by atoms with E-state index in [4.69, 9.17) is 14.2 Å². The van der Waals surface area contributed by atoms with Crippen LogP contribution in [0.25, 0.3) is 6.08 Å². The number of methoxy groups -OCH3 is 4. The molecule has 23 heavy (non-hydrogen) atoms. The largest absolute Gasteiger partial charge is 0.481 e. The number of hydrogen-bond acceptors (Lipinski definition) is 7. The molecule has 1 heterocycles. The summed E-state index contributed by atoms with van der Waals surface area (Å²) in [5.74, 6) is -0.733. The summed E-state index contributed by atoms with van der Waals surface area (Å²) >= 11 is 0. The lowest BCUT2D eigenvalue weighted by Gasteiger charge is -2.17. The standard InChI is InChI=1S/C15H20N2O6/c1-9(18)17-12(14(19)21-3)6-10-8-16-13(20-2)7-11(10)15(22-4)23-5/h6-8,15H,1-5H3,(H,17,18)/b12-6+. The molecule has 0 spiro atoms. The fourth-order valence-corrected chi connectivity index (χ4v) is 1.85. The smallest absolute Gasteiger partial charge is 0.354 e. The molecule has 0 aliphatic carbocycles. The van der Waals surface area contributed by atoms with Crippen LogP contribution in [0.15, 0.2) is 18.0 Å². The van der Waals surface area contributed by atoms with E-state index in [1.165, 1.54) is 47.6 Å². The van der Waals surface area contributed by atoms with Crippen molar-refractivity contribution in [3.63, 3.8) is 0 Å². The predicted molar refractivity (Wildman–Crippen MR) is 81.4 cm³/mol. The van der Waals surface area contributed by atoms with Gasteiger partial charge in [-0.05, 0) is 6.08 Å². The Kier molecular flexibility index (Phi) is 7.17. The number of amides is 1. The van der Waals surface area contributed by atoms with Gasteiger partial charge in [0.15, 0.2) is 6.29 Å². The molecule has 8 heteroatoms. The minimum absolute atomic E-state index is 0.0285. The first-order valence-corrected chi connectivity index (χ1v) is 6.63. The quantitative estimate of drug-likeness (QED) is 0.454. The lowest BCUT2D eigenvalue weighted by molar-refractivity contribution is -0.137. The highest BCUT2D eigenvalue weighted by Crippen LogP contribution is 2.26. The average Bonchev–Trinajstić information content (AvgIpc) is 2.55.